The normalized spacial score (nSPS) is 22.6. The zero-order valence-corrected chi connectivity index (χ0v) is 26.3. The van der Waals surface area contributed by atoms with E-state index in [0.29, 0.717) is 67.7 Å². The number of aromatic nitrogens is 1. The van der Waals surface area contributed by atoms with E-state index in [1.807, 2.05) is 45.6 Å². The molecular formula is C33H39ClFN3O5. The summed E-state index contributed by atoms with van der Waals surface area (Å²) in [6.07, 6.45) is 2.06. The van der Waals surface area contributed by atoms with Gasteiger partial charge in [-0.15, -0.1) is 0 Å². The minimum atomic E-state index is -0.808. The third-order valence-electron chi connectivity index (χ3n) is 9.13. The number of carbonyl (C=O) groups excluding carboxylic acids is 2. The molecule has 0 spiro atoms. The van der Waals surface area contributed by atoms with Crippen molar-refractivity contribution >= 4 is 40.5 Å². The standard InChI is InChI=1S/C33H39ClFN3O5/c1-31(2,3)21-16-24(20-7-8-22(34)23(35)15-20)36-25-17-26(43-27(21)25)29(40)38-14-13-37(18-32(38,4)5)28(39)19-9-11-33(6,12-10-19)30(41)42/h7-8,15-17,19H,9-14,18H2,1-6H3,(H,41,42). The van der Waals surface area contributed by atoms with Gasteiger partial charge in [0.1, 0.15) is 11.3 Å². The summed E-state index contributed by atoms with van der Waals surface area (Å²) >= 11 is 5.89. The average molecular weight is 612 g/mol. The Morgan fingerprint density at radius 1 is 1.07 bits per heavy atom. The van der Waals surface area contributed by atoms with E-state index >= 15 is 0 Å². The Bertz CT molecular complexity index is 1600. The van der Waals surface area contributed by atoms with E-state index in [4.69, 9.17) is 21.0 Å². The van der Waals surface area contributed by atoms with E-state index in [9.17, 15) is 23.9 Å². The molecule has 2 aliphatic rings. The number of fused-ring (bicyclic) bond motifs is 1. The molecule has 1 aliphatic carbocycles. The molecule has 5 rings (SSSR count). The molecule has 0 radical (unpaired) electrons. The van der Waals surface area contributed by atoms with Gasteiger partial charge in [-0.3, -0.25) is 14.4 Å². The molecule has 2 aromatic heterocycles. The second-order valence-electron chi connectivity index (χ2n) is 13.9. The number of hydrogen-bond acceptors (Lipinski definition) is 5. The van der Waals surface area contributed by atoms with Crippen LogP contribution < -0.4 is 0 Å². The van der Waals surface area contributed by atoms with Crippen LogP contribution in [0, 0.1) is 17.2 Å². The second-order valence-corrected chi connectivity index (χ2v) is 14.3. The molecule has 1 aromatic carbocycles. The first-order valence-electron chi connectivity index (χ1n) is 14.7. The molecule has 230 valence electrons. The third kappa shape index (κ3) is 5.88. The van der Waals surface area contributed by atoms with Crippen LogP contribution in [0.1, 0.15) is 83.3 Å². The fourth-order valence-electron chi connectivity index (χ4n) is 6.31. The highest BCUT2D eigenvalue weighted by Gasteiger charge is 2.44. The van der Waals surface area contributed by atoms with Crippen molar-refractivity contribution in [2.75, 3.05) is 19.6 Å². The minimum absolute atomic E-state index is 0.0291. The Kier molecular flexibility index (Phi) is 7.86. The van der Waals surface area contributed by atoms with Crippen molar-refractivity contribution in [3.8, 4) is 11.3 Å². The van der Waals surface area contributed by atoms with Crippen molar-refractivity contribution < 1.29 is 28.3 Å². The molecule has 0 atom stereocenters. The largest absolute Gasteiger partial charge is 0.481 e. The number of carbonyl (C=O) groups is 3. The molecule has 1 saturated carbocycles. The van der Waals surface area contributed by atoms with Gasteiger partial charge < -0.3 is 19.3 Å². The Morgan fingerprint density at radius 3 is 2.33 bits per heavy atom. The molecular weight excluding hydrogens is 573 g/mol. The van der Waals surface area contributed by atoms with E-state index in [0.717, 1.165) is 5.56 Å². The number of hydrogen-bond donors (Lipinski definition) is 1. The van der Waals surface area contributed by atoms with Crippen LogP contribution >= 0.6 is 11.6 Å². The summed E-state index contributed by atoms with van der Waals surface area (Å²) in [6, 6.07) is 8.04. The molecule has 1 saturated heterocycles. The maximum atomic E-state index is 14.3. The van der Waals surface area contributed by atoms with Gasteiger partial charge >= 0.3 is 5.97 Å². The van der Waals surface area contributed by atoms with Gasteiger partial charge in [0.2, 0.25) is 5.91 Å². The fourth-order valence-corrected chi connectivity index (χ4v) is 6.43. The molecule has 1 N–H and O–H groups in total. The molecule has 1 aliphatic heterocycles. The van der Waals surface area contributed by atoms with Crippen molar-refractivity contribution in [3.05, 3.63) is 52.5 Å². The number of halogens is 2. The van der Waals surface area contributed by atoms with Crippen molar-refractivity contribution in [1.29, 1.82) is 0 Å². The van der Waals surface area contributed by atoms with Crippen LogP contribution in [-0.4, -0.2) is 62.8 Å². The number of furan rings is 1. The minimum Gasteiger partial charge on any atom is -0.481 e. The van der Waals surface area contributed by atoms with Crippen molar-refractivity contribution in [1.82, 2.24) is 14.8 Å². The van der Waals surface area contributed by atoms with Gasteiger partial charge in [-0.25, -0.2) is 9.37 Å². The van der Waals surface area contributed by atoms with Gasteiger partial charge in [-0.1, -0.05) is 38.4 Å². The number of pyridine rings is 1. The van der Waals surface area contributed by atoms with Gasteiger partial charge in [0.15, 0.2) is 11.3 Å². The summed E-state index contributed by atoms with van der Waals surface area (Å²) in [4.78, 5) is 47.2. The van der Waals surface area contributed by atoms with Gasteiger partial charge in [0.05, 0.1) is 21.7 Å². The summed E-state index contributed by atoms with van der Waals surface area (Å²) < 4.78 is 20.5. The molecule has 10 heteroatoms. The summed E-state index contributed by atoms with van der Waals surface area (Å²) in [6.45, 7) is 12.8. The van der Waals surface area contributed by atoms with E-state index < -0.39 is 22.7 Å². The van der Waals surface area contributed by atoms with Gasteiger partial charge in [-0.2, -0.15) is 0 Å². The maximum absolute atomic E-state index is 14.3. The smallest absolute Gasteiger partial charge is 0.309 e. The molecule has 8 nitrogen and oxygen atoms in total. The molecule has 43 heavy (non-hydrogen) atoms. The predicted octanol–water partition coefficient (Wildman–Crippen LogP) is 6.93. The molecule has 2 amide bonds. The first kappa shape index (κ1) is 31.0. The Labute approximate surface area is 256 Å². The quantitative estimate of drug-likeness (QED) is 0.343. The first-order chi connectivity index (χ1) is 20.0. The lowest BCUT2D eigenvalue weighted by Gasteiger charge is -2.48. The van der Waals surface area contributed by atoms with Crippen LogP contribution in [0.2, 0.25) is 5.02 Å². The summed E-state index contributed by atoms with van der Waals surface area (Å²) in [7, 11) is 0. The number of aliphatic carboxylic acids is 1. The third-order valence-corrected chi connectivity index (χ3v) is 9.43. The van der Waals surface area contributed by atoms with Crippen LogP contribution in [0.15, 0.2) is 34.7 Å². The first-order valence-corrected chi connectivity index (χ1v) is 15.1. The van der Waals surface area contributed by atoms with Crippen LogP contribution in [-0.2, 0) is 15.0 Å². The lowest BCUT2D eigenvalue weighted by atomic mass is 9.71. The summed E-state index contributed by atoms with van der Waals surface area (Å²) in [5.74, 6) is -1.65. The highest BCUT2D eigenvalue weighted by Crippen LogP contribution is 2.40. The van der Waals surface area contributed by atoms with Gasteiger partial charge in [0, 0.05) is 42.7 Å². The molecule has 3 heterocycles. The zero-order chi connectivity index (χ0) is 31.5. The number of nitrogens with zero attached hydrogens (tertiary/aromatic N) is 3. The number of rotatable bonds is 4. The van der Waals surface area contributed by atoms with Crippen LogP contribution in [0.5, 0.6) is 0 Å². The lowest BCUT2D eigenvalue weighted by molar-refractivity contribution is -0.153. The summed E-state index contributed by atoms with van der Waals surface area (Å²) in [5.41, 5.74) is 1.16. The van der Waals surface area contributed by atoms with Crippen LogP contribution in [0.4, 0.5) is 4.39 Å². The van der Waals surface area contributed by atoms with E-state index in [-0.39, 0.29) is 33.9 Å². The highest BCUT2D eigenvalue weighted by atomic mass is 35.5. The topological polar surface area (TPSA) is 104 Å². The monoisotopic (exact) mass is 611 g/mol. The molecule has 0 bridgehead atoms. The van der Waals surface area contributed by atoms with E-state index in [1.165, 1.54) is 12.1 Å². The highest BCUT2D eigenvalue weighted by molar-refractivity contribution is 6.30. The Hall–Kier alpha value is -3.46. The van der Waals surface area contributed by atoms with Crippen molar-refractivity contribution in [2.24, 2.45) is 11.3 Å². The summed E-state index contributed by atoms with van der Waals surface area (Å²) in [5, 5.41) is 9.57. The zero-order valence-electron chi connectivity index (χ0n) is 25.6. The second kappa shape index (κ2) is 10.9. The molecule has 0 unspecified atom stereocenters. The fraction of sp³-hybridized carbons (Fsp3) is 0.515. The number of benzene rings is 1. The Balaban J connectivity index is 1.38. The number of amides is 2. The van der Waals surface area contributed by atoms with Crippen LogP contribution in [0.3, 0.4) is 0 Å². The molecule has 2 fully saturated rings. The maximum Gasteiger partial charge on any atom is 0.309 e. The SMILES string of the molecule is CC1(C(=O)O)CCC(C(=O)N2CCN(C(=O)c3cc4nc(-c5ccc(Cl)c(F)c5)cc(C(C)(C)C)c4o3)C(C)(C)C2)CC1. The van der Waals surface area contributed by atoms with Crippen molar-refractivity contribution in [2.45, 2.75) is 78.2 Å². The van der Waals surface area contributed by atoms with Gasteiger partial charge in [-0.05, 0) is 70.1 Å². The van der Waals surface area contributed by atoms with E-state index in [1.54, 1.807) is 24.0 Å². The number of carboxylic acid groups (broad SMARTS) is 1. The van der Waals surface area contributed by atoms with Crippen LogP contribution in [0.25, 0.3) is 22.4 Å². The lowest BCUT2D eigenvalue weighted by Crippen LogP contribution is -2.62. The number of piperazine rings is 1. The molecule has 3 aromatic rings. The average Bonchev–Trinajstić information content (AvgIpc) is 3.37. The van der Waals surface area contributed by atoms with Gasteiger partial charge in [0.25, 0.3) is 5.91 Å². The van der Waals surface area contributed by atoms with E-state index in [2.05, 4.69) is 0 Å². The van der Waals surface area contributed by atoms with Crippen molar-refractivity contribution in [3.63, 3.8) is 0 Å². The number of carboxylic acids is 1. The Morgan fingerprint density at radius 2 is 1.74 bits per heavy atom. The predicted molar refractivity (Wildman–Crippen MR) is 163 cm³/mol.